The topological polar surface area (TPSA) is 55.8 Å². The van der Waals surface area contributed by atoms with E-state index in [2.05, 4.69) is 0 Å². The Morgan fingerprint density at radius 1 is 1.41 bits per heavy atom. The van der Waals surface area contributed by atoms with Gasteiger partial charge in [0.25, 0.3) is 0 Å². The van der Waals surface area contributed by atoms with Crippen LogP contribution >= 0.6 is 0 Å². The number of hydrogen-bond donors (Lipinski definition) is 1. The van der Waals surface area contributed by atoms with Crippen molar-refractivity contribution in [1.29, 1.82) is 0 Å². The Morgan fingerprint density at radius 2 is 2.18 bits per heavy atom. The maximum absolute atomic E-state index is 10.6. The van der Waals surface area contributed by atoms with E-state index in [0.717, 1.165) is 12.8 Å². The minimum atomic E-state index is -0.933. The number of ether oxygens (including phenoxy) is 2. The predicted molar refractivity (Wildman–Crippen MR) is 62.1 cm³/mol. The van der Waals surface area contributed by atoms with Gasteiger partial charge in [-0.3, -0.25) is 0 Å². The standard InChI is InChI=1S/C13H14O4/c14-13(15)10-4-6-11(7-5-10)17-9-12-3-1-2-8-16-12/h2,4-8,12H,1,3,9H2,(H,14,15). The van der Waals surface area contributed by atoms with Crippen LogP contribution in [0.3, 0.4) is 0 Å². The molecule has 0 aromatic heterocycles. The summed E-state index contributed by atoms with van der Waals surface area (Å²) >= 11 is 0. The smallest absolute Gasteiger partial charge is 0.335 e. The number of carbonyl (C=O) groups is 1. The normalized spacial score (nSPS) is 18.5. The van der Waals surface area contributed by atoms with E-state index in [0.29, 0.717) is 12.4 Å². The number of allylic oxidation sites excluding steroid dienone is 1. The molecule has 4 nitrogen and oxygen atoms in total. The van der Waals surface area contributed by atoms with E-state index in [-0.39, 0.29) is 11.7 Å². The van der Waals surface area contributed by atoms with Gasteiger partial charge >= 0.3 is 5.97 Å². The zero-order valence-corrected chi connectivity index (χ0v) is 9.33. The second-order valence-electron chi connectivity index (χ2n) is 3.85. The van der Waals surface area contributed by atoms with Crippen molar-refractivity contribution in [2.45, 2.75) is 18.9 Å². The molecule has 0 saturated heterocycles. The first-order valence-electron chi connectivity index (χ1n) is 5.52. The van der Waals surface area contributed by atoms with E-state index < -0.39 is 5.97 Å². The maximum atomic E-state index is 10.6. The minimum Gasteiger partial charge on any atom is -0.495 e. The van der Waals surface area contributed by atoms with Crippen molar-refractivity contribution in [3.63, 3.8) is 0 Å². The summed E-state index contributed by atoms with van der Waals surface area (Å²) in [5.74, 6) is -0.273. The molecular weight excluding hydrogens is 220 g/mol. The number of carboxylic acid groups (broad SMARTS) is 1. The van der Waals surface area contributed by atoms with Crippen LogP contribution in [-0.2, 0) is 4.74 Å². The van der Waals surface area contributed by atoms with Gasteiger partial charge in [-0.25, -0.2) is 4.79 Å². The lowest BCUT2D eigenvalue weighted by molar-refractivity contribution is 0.0694. The number of rotatable bonds is 4. The summed E-state index contributed by atoms with van der Waals surface area (Å²) < 4.78 is 10.9. The molecule has 90 valence electrons. The molecule has 0 aliphatic carbocycles. The van der Waals surface area contributed by atoms with Gasteiger partial charge in [-0.15, -0.1) is 0 Å². The lowest BCUT2D eigenvalue weighted by atomic mass is 10.2. The molecule has 17 heavy (non-hydrogen) atoms. The molecule has 0 spiro atoms. The molecule has 1 atom stereocenters. The Balaban J connectivity index is 1.86. The summed E-state index contributed by atoms with van der Waals surface area (Å²) in [7, 11) is 0. The van der Waals surface area contributed by atoms with E-state index in [1.165, 1.54) is 12.1 Å². The van der Waals surface area contributed by atoms with Crippen LogP contribution in [0, 0.1) is 0 Å². The van der Waals surface area contributed by atoms with Gasteiger partial charge in [0.2, 0.25) is 0 Å². The van der Waals surface area contributed by atoms with Gasteiger partial charge in [-0.05, 0) is 43.2 Å². The summed E-state index contributed by atoms with van der Waals surface area (Å²) in [6, 6.07) is 6.36. The van der Waals surface area contributed by atoms with Crippen molar-refractivity contribution in [1.82, 2.24) is 0 Å². The molecule has 4 heteroatoms. The number of hydrogen-bond acceptors (Lipinski definition) is 3. The highest BCUT2D eigenvalue weighted by atomic mass is 16.5. The zero-order valence-electron chi connectivity index (χ0n) is 9.33. The highest BCUT2D eigenvalue weighted by molar-refractivity contribution is 5.87. The first-order valence-corrected chi connectivity index (χ1v) is 5.52. The highest BCUT2D eigenvalue weighted by Gasteiger charge is 2.11. The molecule has 1 aromatic carbocycles. The lowest BCUT2D eigenvalue weighted by Crippen LogP contribution is -2.21. The number of carboxylic acids is 1. The molecular formula is C13H14O4. The molecule has 1 N–H and O–H groups in total. The van der Waals surface area contributed by atoms with Crippen molar-refractivity contribution in [3.05, 3.63) is 42.2 Å². The molecule has 0 amide bonds. The quantitative estimate of drug-likeness (QED) is 0.869. The number of benzene rings is 1. The van der Waals surface area contributed by atoms with Crippen LogP contribution in [0.2, 0.25) is 0 Å². The molecule has 1 unspecified atom stereocenters. The number of aromatic carboxylic acids is 1. The first kappa shape index (κ1) is 11.5. The minimum absolute atomic E-state index is 0.0825. The van der Waals surface area contributed by atoms with E-state index in [4.69, 9.17) is 14.6 Å². The third-order valence-corrected chi connectivity index (χ3v) is 2.56. The molecule has 0 bridgehead atoms. The first-order chi connectivity index (χ1) is 8.25. The van der Waals surface area contributed by atoms with Crippen LogP contribution in [0.1, 0.15) is 23.2 Å². The van der Waals surface area contributed by atoms with Gasteiger partial charge < -0.3 is 14.6 Å². The van der Waals surface area contributed by atoms with E-state index >= 15 is 0 Å². The van der Waals surface area contributed by atoms with Gasteiger partial charge in [0.05, 0.1) is 11.8 Å². The molecule has 1 heterocycles. The predicted octanol–water partition coefficient (Wildman–Crippen LogP) is 2.46. The van der Waals surface area contributed by atoms with Crippen molar-refractivity contribution in [3.8, 4) is 5.75 Å². The Labute approximate surface area is 99.5 Å². The van der Waals surface area contributed by atoms with Gasteiger partial charge in [0.15, 0.2) is 0 Å². The van der Waals surface area contributed by atoms with E-state index in [1.807, 2.05) is 6.08 Å². The average molecular weight is 234 g/mol. The van der Waals surface area contributed by atoms with E-state index in [9.17, 15) is 4.79 Å². The van der Waals surface area contributed by atoms with Crippen LogP contribution in [-0.4, -0.2) is 23.8 Å². The van der Waals surface area contributed by atoms with Crippen LogP contribution in [0.25, 0.3) is 0 Å². The summed E-state index contributed by atoms with van der Waals surface area (Å²) in [6.45, 7) is 0.483. The van der Waals surface area contributed by atoms with Crippen molar-refractivity contribution in [2.24, 2.45) is 0 Å². The molecule has 1 aliphatic heterocycles. The third kappa shape index (κ3) is 3.24. The molecule has 1 aromatic rings. The summed E-state index contributed by atoms with van der Waals surface area (Å²) in [6.07, 6.45) is 5.72. The molecule has 1 aliphatic rings. The van der Waals surface area contributed by atoms with Crippen molar-refractivity contribution >= 4 is 5.97 Å². The third-order valence-electron chi connectivity index (χ3n) is 2.56. The molecule has 0 radical (unpaired) electrons. The SMILES string of the molecule is O=C(O)c1ccc(OCC2CCC=CO2)cc1. The molecule has 0 fully saturated rings. The van der Waals surface area contributed by atoms with Gasteiger partial charge in [0, 0.05) is 0 Å². The van der Waals surface area contributed by atoms with Gasteiger partial charge in [0.1, 0.15) is 18.5 Å². The van der Waals surface area contributed by atoms with E-state index in [1.54, 1.807) is 18.4 Å². The Kier molecular flexibility index (Phi) is 3.65. The second kappa shape index (κ2) is 5.39. The Morgan fingerprint density at radius 3 is 2.76 bits per heavy atom. The lowest BCUT2D eigenvalue weighted by Gasteiger charge is -2.19. The largest absolute Gasteiger partial charge is 0.495 e. The highest BCUT2D eigenvalue weighted by Crippen LogP contribution is 2.15. The maximum Gasteiger partial charge on any atom is 0.335 e. The Bertz CT molecular complexity index is 408. The van der Waals surface area contributed by atoms with Crippen LogP contribution in [0.4, 0.5) is 0 Å². The molecule has 0 saturated carbocycles. The van der Waals surface area contributed by atoms with Gasteiger partial charge in [-0.1, -0.05) is 0 Å². The monoisotopic (exact) mass is 234 g/mol. The average Bonchev–Trinajstić information content (AvgIpc) is 2.38. The summed E-state index contributed by atoms with van der Waals surface area (Å²) in [5, 5.41) is 8.74. The zero-order chi connectivity index (χ0) is 12.1. The van der Waals surface area contributed by atoms with Crippen LogP contribution in [0.15, 0.2) is 36.6 Å². The van der Waals surface area contributed by atoms with Crippen molar-refractivity contribution in [2.75, 3.05) is 6.61 Å². The van der Waals surface area contributed by atoms with Crippen LogP contribution < -0.4 is 4.74 Å². The summed E-state index contributed by atoms with van der Waals surface area (Å²) in [5.41, 5.74) is 0.259. The Hall–Kier alpha value is -1.97. The fourth-order valence-corrected chi connectivity index (χ4v) is 1.59. The second-order valence-corrected chi connectivity index (χ2v) is 3.85. The molecule has 2 rings (SSSR count). The fraction of sp³-hybridized carbons (Fsp3) is 0.308. The van der Waals surface area contributed by atoms with Crippen LogP contribution in [0.5, 0.6) is 5.75 Å². The van der Waals surface area contributed by atoms with Gasteiger partial charge in [-0.2, -0.15) is 0 Å². The summed E-state index contributed by atoms with van der Waals surface area (Å²) in [4.78, 5) is 10.6. The van der Waals surface area contributed by atoms with Crippen molar-refractivity contribution < 1.29 is 19.4 Å². The fourth-order valence-electron chi connectivity index (χ4n) is 1.59.